The summed E-state index contributed by atoms with van der Waals surface area (Å²) in [7, 11) is -3.51. The van der Waals surface area contributed by atoms with Gasteiger partial charge in [-0.05, 0) is 43.0 Å². The number of benzene rings is 1. The van der Waals surface area contributed by atoms with E-state index >= 15 is 0 Å². The Labute approximate surface area is 183 Å². The number of likely N-dealkylation sites (tertiary alicyclic amines) is 1. The molecule has 1 aromatic carbocycles. The summed E-state index contributed by atoms with van der Waals surface area (Å²) < 4.78 is 27.8. The van der Waals surface area contributed by atoms with Crippen LogP contribution in [0.25, 0.3) is 0 Å². The van der Waals surface area contributed by atoms with Gasteiger partial charge in [-0.25, -0.2) is 8.42 Å². The number of carbonyl (C=O) groups excluding carboxylic acids is 1. The van der Waals surface area contributed by atoms with Gasteiger partial charge in [0.15, 0.2) is 0 Å². The monoisotopic (exact) mass is 440 g/mol. The van der Waals surface area contributed by atoms with Gasteiger partial charge in [-0.2, -0.15) is 4.31 Å². The molecule has 1 N–H and O–H groups in total. The molecule has 5 rings (SSSR count). The van der Waals surface area contributed by atoms with Crippen LogP contribution in [0.15, 0.2) is 59.8 Å². The van der Waals surface area contributed by atoms with Gasteiger partial charge < -0.3 is 5.32 Å². The van der Waals surface area contributed by atoms with E-state index in [0.29, 0.717) is 37.4 Å². The van der Waals surface area contributed by atoms with Crippen LogP contribution in [0, 0.1) is 10.8 Å². The lowest BCUT2D eigenvalue weighted by molar-refractivity contribution is -0.133. The first-order valence-corrected chi connectivity index (χ1v) is 12.3. The average molecular weight is 441 g/mol. The van der Waals surface area contributed by atoms with Crippen molar-refractivity contribution in [2.75, 3.05) is 32.7 Å². The van der Waals surface area contributed by atoms with Gasteiger partial charge in [0.1, 0.15) is 0 Å². The zero-order chi connectivity index (χ0) is 21.5. The third kappa shape index (κ3) is 3.37. The first-order chi connectivity index (χ1) is 15.0. The van der Waals surface area contributed by atoms with Gasteiger partial charge in [0.2, 0.25) is 15.9 Å². The SMILES string of the molecule is O=C1NCCC12CN(Cc1cccnc1)CC21CCN(S(=O)(=O)c2ccccc2)CC1. The number of hydrogen-bond acceptors (Lipinski definition) is 5. The molecular weight excluding hydrogens is 412 g/mol. The molecule has 2 spiro atoms. The van der Waals surface area contributed by atoms with Gasteiger partial charge >= 0.3 is 0 Å². The Kier molecular flexibility index (Phi) is 5.11. The van der Waals surface area contributed by atoms with Crippen LogP contribution in [0.4, 0.5) is 0 Å². The van der Waals surface area contributed by atoms with Crippen molar-refractivity contribution in [3.05, 3.63) is 60.4 Å². The first-order valence-electron chi connectivity index (χ1n) is 10.9. The Bertz CT molecular complexity index is 1050. The predicted octanol–water partition coefficient (Wildman–Crippen LogP) is 1.87. The Morgan fingerprint density at radius 1 is 1.00 bits per heavy atom. The highest BCUT2D eigenvalue weighted by atomic mass is 32.2. The number of hydrogen-bond donors (Lipinski definition) is 1. The fourth-order valence-corrected chi connectivity index (χ4v) is 7.37. The molecule has 1 atom stereocenters. The Morgan fingerprint density at radius 3 is 2.42 bits per heavy atom. The molecular formula is C23H28N4O3S. The highest BCUT2D eigenvalue weighted by Crippen LogP contribution is 2.56. The van der Waals surface area contributed by atoms with Crippen LogP contribution in [-0.4, -0.2) is 61.2 Å². The zero-order valence-electron chi connectivity index (χ0n) is 17.5. The second kappa shape index (κ2) is 7.69. The summed E-state index contributed by atoms with van der Waals surface area (Å²) in [4.78, 5) is 20.0. The molecule has 164 valence electrons. The maximum atomic E-state index is 13.1. The number of amides is 1. The number of fused-ring (bicyclic) bond motifs is 1. The second-order valence-electron chi connectivity index (χ2n) is 9.09. The van der Waals surface area contributed by atoms with E-state index in [1.54, 1.807) is 34.8 Å². The maximum Gasteiger partial charge on any atom is 0.243 e. The van der Waals surface area contributed by atoms with Crippen LogP contribution < -0.4 is 5.32 Å². The molecule has 4 heterocycles. The molecule has 0 radical (unpaired) electrons. The van der Waals surface area contributed by atoms with Crippen LogP contribution in [0.5, 0.6) is 0 Å². The third-order valence-corrected chi connectivity index (χ3v) is 9.41. The highest BCUT2D eigenvalue weighted by Gasteiger charge is 2.63. The molecule has 1 unspecified atom stereocenters. The van der Waals surface area contributed by atoms with Crippen molar-refractivity contribution in [3.8, 4) is 0 Å². The fourth-order valence-electron chi connectivity index (χ4n) is 5.91. The molecule has 0 bridgehead atoms. The lowest BCUT2D eigenvalue weighted by Gasteiger charge is -2.46. The van der Waals surface area contributed by atoms with Gasteiger partial charge in [0.25, 0.3) is 0 Å². The van der Waals surface area contributed by atoms with Gasteiger partial charge in [-0.15, -0.1) is 0 Å². The molecule has 3 aliphatic rings. The number of sulfonamides is 1. The van der Waals surface area contributed by atoms with Crippen molar-refractivity contribution in [2.24, 2.45) is 10.8 Å². The van der Waals surface area contributed by atoms with E-state index in [0.717, 1.165) is 31.6 Å². The van der Waals surface area contributed by atoms with E-state index in [2.05, 4.69) is 21.3 Å². The summed E-state index contributed by atoms with van der Waals surface area (Å²) >= 11 is 0. The van der Waals surface area contributed by atoms with E-state index < -0.39 is 15.4 Å². The van der Waals surface area contributed by atoms with Crippen molar-refractivity contribution in [1.29, 1.82) is 0 Å². The normalized spacial score (nSPS) is 26.5. The Balaban J connectivity index is 1.38. The lowest BCUT2D eigenvalue weighted by Crippen LogP contribution is -2.53. The van der Waals surface area contributed by atoms with Crippen molar-refractivity contribution >= 4 is 15.9 Å². The van der Waals surface area contributed by atoms with Crippen LogP contribution in [-0.2, 0) is 21.4 Å². The van der Waals surface area contributed by atoms with Gasteiger partial charge in [0, 0.05) is 57.1 Å². The Hall–Kier alpha value is -2.29. The topological polar surface area (TPSA) is 82.6 Å². The minimum Gasteiger partial charge on any atom is -0.356 e. The quantitative estimate of drug-likeness (QED) is 0.785. The summed E-state index contributed by atoms with van der Waals surface area (Å²) in [6.45, 7) is 3.90. The van der Waals surface area contributed by atoms with E-state index in [9.17, 15) is 13.2 Å². The lowest BCUT2D eigenvalue weighted by atomic mass is 9.60. The van der Waals surface area contributed by atoms with Crippen molar-refractivity contribution in [1.82, 2.24) is 19.5 Å². The van der Waals surface area contributed by atoms with Crippen LogP contribution >= 0.6 is 0 Å². The van der Waals surface area contributed by atoms with E-state index in [-0.39, 0.29) is 11.3 Å². The van der Waals surface area contributed by atoms with Crippen molar-refractivity contribution < 1.29 is 13.2 Å². The molecule has 0 aliphatic carbocycles. The largest absolute Gasteiger partial charge is 0.356 e. The smallest absolute Gasteiger partial charge is 0.243 e. The van der Waals surface area contributed by atoms with Crippen LogP contribution in [0.3, 0.4) is 0 Å². The molecule has 1 aromatic heterocycles. The Morgan fingerprint density at radius 2 is 1.77 bits per heavy atom. The minimum atomic E-state index is -3.51. The number of nitrogens with zero attached hydrogens (tertiary/aromatic N) is 3. The predicted molar refractivity (Wildman–Crippen MR) is 116 cm³/mol. The van der Waals surface area contributed by atoms with Gasteiger partial charge in [-0.3, -0.25) is 14.7 Å². The average Bonchev–Trinajstić information content (AvgIpc) is 3.30. The third-order valence-electron chi connectivity index (χ3n) is 7.50. The summed E-state index contributed by atoms with van der Waals surface area (Å²) in [5, 5.41) is 3.07. The number of nitrogens with one attached hydrogen (secondary N) is 1. The summed E-state index contributed by atoms with van der Waals surface area (Å²) in [5.41, 5.74) is 0.508. The summed E-state index contributed by atoms with van der Waals surface area (Å²) in [5.74, 6) is 0.139. The number of carbonyl (C=O) groups is 1. The van der Waals surface area contributed by atoms with Crippen molar-refractivity contribution in [2.45, 2.75) is 30.7 Å². The molecule has 8 heteroatoms. The van der Waals surface area contributed by atoms with Crippen LogP contribution in [0.2, 0.25) is 0 Å². The molecule has 3 saturated heterocycles. The van der Waals surface area contributed by atoms with Gasteiger partial charge in [0.05, 0.1) is 10.3 Å². The van der Waals surface area contributed by atoms with E-state index in [1.165, 1.54) is 0 Å². The minimum absolute atomic E-state index is 0.139. The zero-order valence-corrected chi connectivity index (χ0v) is 18.4. The highest BCUT2D eigenvalue weighted by molar-refractivity contribution is 7.89. The fraction of sp³-hybridized carbons (Fsp3) is 0.478. The number of pyridine rings is 1. The number of piperidine rings is 1. The number of aromatic nitrogens is 1. The second-order valence-corrected chi connectivity index (χ2v) is 11.0. The van der Waals surface area contributed by atoms with Crippen LogP contribution in [0.1, 0.15) is 24.8 Å². The van der Waals surface area contributed by atoms with E-state index in [4.69, 9.17) is 0 Å². The first kappa shape index (κ1) is 20.6. The molecule has 1 amide bonds. The van der Waals surface area contributed by atoms with Gasteiger partial charge in [-0.1, -0.05) is 24.3 Å². The molecule has 3 fully saturated rings. The van der Waals surface area contributed by atoms with E-state index in [1.807, 2.05) is 18.3 Å². The molecule has 2 aromatic rings. The summed E-state index contributed by atoms with van der Waals surface area (Å²) in [6, 6.07) is 12.6. The summed E-state index contributed by atoms with van der Waals surface area (Å²) in [6.07, 6.45) is 5.87. The van der Waals surface area contributed by atoms with Crippen molar-refractivity contribution in [3.63, 3.8) is 0 Å². The maximum absolute atomic E-state index is 13.1. The molecule has 0 saturated carbocycles. The molecule has 7 nitrogen and oxygen atoms in total. The molecule has 3 aliphatic heterocycles. The standard InChI is InChI=1S/C23H28N4O3S/c28-21-23(8-12-25-21)18-26(16-19-5-4-11-24-15-19)17-22(23)9-13-27(14-10-22)31(29,30)20-6-2-1-3-7-20/h1-7,11,15H,8-10,12-14,16-18H2,(H,25,28). The molecule has 31 heavy (non-hydrogen) atoms. The number of rotatable bonds is 4.